The molecule has 2 fully saturated rings. The summed E-state index contributed by atoms with van der Waals surface area (Å²) in [7, 11) is 0. The van der Waals surface area contributed by atoms with Crippen molar-refractivity contribution < 1.29 is 4.79 Å². The van der Waals surface area contributed by atoms with Crippen LogP contribution in [0.3, 0.4) is 0 Å². The van der Waals surface area contributed by atoms with E-state index in [9.17, 15) is 9.59 Å². The first-order valence-electron chi connectivity index (χ1n) is 10.5. The fourth-order valence-electron chi connectivity index (χ4n) is 4.59. The number of pyridine rings is 1. The molecule has 1 aliphatic heterocycles. The maximum atomic E-state index is 12.7. The molecule has 0 spiro atoms. The van der Waals surface area contributed by atoms with Gasteiger partial charge >= 0.3 is 0 Å². The van der Waals surface area contributed by atoms with Gasteiger partial charge in [0.2, 0.25) is 5.56 Å². The summed E-state index contributed by atoms with van der Waals surface area (Å²) in [6, 6.07) is 13.5. The van der Waals surface area contributed by atoms with Gasteiger partial charge in [-0.05, 0) is 56.0 Å². The van der Waals surface area contributed by atoms with Gasteiger partial charge in [0, 0.05) is 36.0 Å². The van der Waals surface area contributed by atoms with Gasteiger partial charge in [-0.1, -0.05) is 37.5 Å². The molecule has 2 heterocycles. The van der Waals surface area contributed by atoms with Crippen molar-refractivity contribution in [1.29, 1.82) is 0 Å². The van der Waals surface area contributed by atoms with Crippen LogP contribution in [-0.2, 0) is 0 Å². The molecular formula is C23H29N3O2. The number of benzene rings is 1. The van der Waals surface area contributed by atoms with E-state index in [1.807, 2.05) is 30.3 Å². The minimum atomic E-state index is -0.126. The average molecular weight is 380 g/mol. The molecule has 1 amide bonds. The number of H-pyrrole nitrogens is 1. The number of aromatic nitrogens is 1. The highest BCUT2D eigenvalue weighted by Gasteiger charge is 2.27. The highest BCUT2D eigenvalue weighted by Crippen LogP contribution is 2.25. The van der Waals surface area contributed by atoms with Crippen molar-refractivity contribution in [1.82, 2.24) is 15.2 Å². The Morgan fingerprint density at radius 2 is 1.75 bits per heavy atom. The lowest BCUT2D eigenvalue weighted by molar-refractivity contribution is 0.0835. The van der Waals surface area contributed by atoms with E-state index in [0.29, 0.717) is 11.6 Å². The van der Waals surface area contributed by atoms with Crippen LogP contribution in [0, 0.1) is 0 Å². The quantitative estimate of drug-likeness (QED) is 0.854. The molecule has 2 aromatic rings. The second kappa shape index (κ2) is 8.74. The molecule has 1 aromatic carbocycles. The van der Waals surface area contributed by atoms with Gasteiger partial charge < -0.3 is 10.3 Å². The van der Waals surface area contributed by atoms with Gasteiger partial charge in [-0.25, -0.2) is 0 Å². The summed E-state index contributed by atoms with van der Waals surface area (Å²) in [5.74, 6) is -0.0106. The van der Waals surface area contributed by atoms with Crippen molar-refractivity contribution in [2.75, 3.05) is 13.1 Å². The van der Waals surface area contributed by atoms with Crippen molar-refractivity contribution in [2.45, 2.75) is 57.0 Å². The first-order valence-corrected chi connectivity index (χ1v) is 10.5. The Morgan fingerprint density at radius 3 is 2.50 bits per heavy atom. The Hall–Kier alpha value is -2.40. The molecule has 5 heteroatoms. The zero-order valence-electron chi connectivity index (χ0n) is 16.3. The molecule has 1 saturated carbocycles. The number of carbonyl (C=O) groups excluding carboxylic acids is 1. The molecule has 1 saturated heterocycles. The zero-order valence-corrected chi connectivity index (χ0v) is 16.3. The number of amides is 1. The molecule has 0 radical (unpaired) electrons. The van der Waals surface area contributed by atoms with E-state index in [-0.39, 0.29) is 17.5 Å². The predicted molar refractivity (Wildman–Crippen MR) is 111 cm³/mol. The number of likely N-dealkylation sites (tertiary alicyclic amines) is 1. The van der Waals surface area contributed by atoms with Crippen LogP contribution in [0.1, 0.15) is 55.3 Å². The lowest BCUT2D eigenvalue weighted by Gasteiger charge is -2.40. The maximum absolute atomic E-state index is 12.7. The van der Waals surface area contributed by atoms with Gasteiger partial charge in [-0.15, -0.1) is 0 Å². The van der Waals surface area contributed by atoms with Crippen LogP contribution >= 0.6 is 0 Å². The van der Waals surface area contributed by atoms with Crippen LogP contribution in [0.4, 0.5) is 0 Å². The fraction of sp³-hybridized carbons (Fsp3) is 0.478. The van der Waals surface area contributed by atoms with Gasteiger partial charge in [0.1, 0.15) is 0 Å². The molecule has 2 aliphatic rings. The van der Waals surface area contributed by atoms with Crippen molar-refractivity contribution in [3.05, 3.63) is 58.4 Å². The molecule has 4 rings (SSSR count). The first-order chi connectivity index (χ1) is 13.7. The highest BCUT2D eigenvalue weighted by molar-refractivity contribution is 5.94. The van der Waals surface area contributed by atoms with Crippen LogP contribution < -0.4 is 10.9 Å². The summed E-state index contributed by atoms with van der Waals surface area (Å²) in [4.78, 5) is 29.6. The number of aromatic amines is 1. The minimum Gasteiger partial charge on any atom is -0.348 e. The second-order valence-corrected chi connectivity index (χ2v) is 8.11. The van der Waals surface area contributed by atoms with Crippen LogP contribution in [0.2, 0.25) is 0 Å². The van der Waals surface area contributed by atoms with Gasteiger partial charge in [-0.3, -0.25) is 14.5 Å². The monoisotopic (exact) mass is 379 g/mol. The molecule has 0 bridgehead atoms. The molecule has 28 heavy (non-hydrogen) atoms. The molecule has 1 aliphatic carbocycles. The zero-order chi connectivity index (χ0) is 19.3. The Morgan fingerprint density at radius 1 is 0.964 bits per heavy atom. The van der Waals surface area contributed by atoms with Gasteiger partial charge in [0.25, 0.3) is 5.91 Å². The summed E-state index contributed by atoms with van der Waals surface area (Å²) < 4.78 is 0. The third-order valence-electron chi connectivity index (χ3n) is 6.11. The van der Waals surface area contributed by atoms with Crippen LogP contribution in [0.25, 0.3) is 11.3 Å². The SMILES string of the molecule is O=C(N[C@@H]1CCCN(C2CCCCC2)C1)c1ccc(-c2cccc(=O)[nH]2)cc1. The molecule has 1 aromatic heterocycles. The summed E-state index contributed by atoms with van der Waals surface area (Å²) >= 11 is 0. The van der Waals surface area contributed by atoms with Crippen molar-refractivity contribution in [3.8, 4) is 11.3 Å². The third kappa shape index (κ3) is 4.53. The van der Waals surface area contributed by atoms with Crippen molar-refractivity contribution >= 4 is 5.91 Å². The Bertz CT molecular complexity index is 853. The molecule has 5 nitrogen and oxygen atoms in total. The lowest BCUT2D eigenvalue weighted by atomic mass is 9.92. The van der Waals surface area contributed by atoms with Crippen LogP contribution in [0.15, 0.2) is 47.3 Å². The van der Waals surface area contributed by atoms with E-state index in [2.05, 4.69) is 15.2 Å². The van der Waals surface area contributed by atoms with E-state index < -0.39 is 0 Å². The normalized spacial score (nSPS) is 21.4. The predicted octanol–water partition coefficient (Wildman–Crippen LogP) is 3.57. The summed E-state index contributed by atoms with van der Waals surface area (Å²) in [6.45, 7) is 2.14. The highest BCUT2D eigenvalue weighted by atomic mass is 16.1. The van der Waals surface area contributed by atoms with E-state index in [4.69, 9.17) is 0 Å². The summed E-state index contributed by atoms with van der Waals surface area (Å²) in [5.41, 5.74) is 2.20. The van der Waals surface area contributed by atoms with E-state index in [1.165, 1.54) is 44.7 Å². The van der Waals surface area contributed by atoms with E-state index >= 15 is 0 Å². The molecule has 1 atom stereocenters. The van der Waals surface area contributed by atoms with Crippen LogP contribution in [0.5, 0.6) is 0 Å². The topological polar surface area (TPSA) is 65.2 Å². The fourth-order valence-corrected chi connectivity index (χ4v) is 4.59. The third-order valence-corrected chi connectivity index (χ3v) is 6.11. The molecule has 2 N–H and O–H groups in total. The first kappa shape index (κ1) is 18.9. The molecule has 0 unspecified atom stereocenters. The standard InChI is InChI=1S/C23H29N3O2/c27-22-10-4-9-21(25-22)17-11-13-18(14-12-17)23(28)24-19-6-5-15-26(16-19)20-7-2-1-3-8-20/h4,9-14,19-20H,1-3,5-8,15-16H2,(H,24,28)(H,25,27)/t19-/m1/s1. The minimum absolute atomic E-state index is 0.0106. The summed E-state index contributed by atoms with van der Waals surface area (Å²) in [5, 5.41) is 3.23. The second-order valence-electron chi connectivity index (χ2n) is 8.11. The number of nitrogens with zero attached hydrogens (tertiary/aromatic N) is 1. The number of rotatable bonds is 4. The smallest absolute Gasteiger partial charge is 0.251 e. The molecular weight excluding hydrogens is 350 g/mol. The van der Waals surface area contributed by atoms with Crippen LogP contribution in [-0.4, -0.2) is 41.0 Å². The number of hydrogen-bond acceptors (Lipinski definition) is 3. The van der Waals surface area contributed by atoms with E-state index in [0.717, 1.165) is 30.6 Å². The Balaban J connectivity index is 1.37. The number of hydrogen-bond donors (Lipinski definition) is 2. The van der Waals surface area contributed by atoms with Crippen molar-refractivity contribution in [2.24, 2.45) is 0 Å². The maximum Gasteiger partial charge on any atom is 0.251 e. The largest absolute Gasteiger partial charge is 0.348 e. The van der Waals surface area contributed by atoms with Gasteiger partial charge in [-0.2, -0.15) is 0 Å². The van der Waals surface area contributed by atoms with E-state index in [1.54, 1.807) is 6.07 Å². The van der Waals surface area contributed by atoms with Gasteiger partial charge in [0.15, 0.2) is 0 Å². The Labute approximate surface area is 166 Å². The lowest BCUT2D eigenvalue weighted by Crippen LogP contribution is -2.51. The number of piperidine rings is 1. The molecule has 148 valence electrons. The number of nitrogens with one attached hydrogen (secondary N) is 2. The number of carbonyl (C=O) groups is 1. The van der Waals surface area contributed by atoms with Gasteiger partial charge in [0.05, 0.1) is 0 Å². The Kier molecular flexibility index (Phi) is 5.91. The average Bonchev–Trinajstić information content (AvgIpc) is 2.75. The summed E-state index contributed by atoms with van der Waals surface area (Å²) in [6.07, 6.45) is 8.89. The van der Waals surface area contributed by atoms with Crippen molar-refractivity contribution in [3.63, 3.8) is 0 Å².